The molecule has 0 saturated carbocycles. The number of para-hydroxylation sites is 1. The van der Waals surface area contributed by atoms with Gasteiger partial charge in [-0.2, -0.15) is 0 Å². The molecule has 2 atom stereocenters. The molecule has 1 amide bonds. The molecule has 2 heterocycles. The lowest BCUT2D eigenvalue weighted by molar-refractivity contribution is -0.135. The zero-order valence-corrected chi connectivity index (χ0v) is 17.0. The van der Waals surface area contributed by atoms with Crippen molar-refractivity contribution in [3.8, 4) is 0 Å². The largest absolute Gasteiger partial charge is 0.381 e. The summed E-state index contributed by atoms with van der Waals surface area (Å²) in [5.41, 5.74) is 4.51. The van der Waals surface area contributed by atoms with E-state index in [2.05, 4.69) is 36.2 Å². The smallest absolute Gasteiger partial charge is 0.225 e. The van der Waals surface area contributed by atoms with E-state index in [0.717, 1.165) is 21.8 Å². The lowest BCUT2D eigenvalue weighted by Crippen LogP contribution is -2.41. The molecule has 2 aromatic carbocycles. The van der Waals surface area contributed by atoms with Crippen LogP contribution in [0.3, 0.4) is 0 Å². The summed E-state index contributed by atoms with van der Waals surface area (Å²) in [4.78, 5) is 18.5. The Balaban J connectivity index is 1.80. The summed E-state index contributed by atoms with van der Waals surface area (Å²) in [5.74, 6) is 0.148. The molecule has 0 fully saturated rings. The van der Waals surface area contributed by atoms with E-state index in [9.17, 15) is 4.79 Å². The Bertz CT molecular complexity index is 997. The number of amides is 1. The van der Waals surface area contributed by atoms with Crippen molar-refractivity contribution in [2.75, 3.05) is 19.8 Å². The van der Waals surface area contributed by atoms with Crippen LogP contribution in [0.2, 0.25) is 5.02 Å². The summed E-state index contributed by atoms with van der Waals surface area (Å²) in [6, 6.07) is 16.2. The number of halogens is 1. The number of fused-ring (bicyclic) bond motifs is 3. The molecule has 4 rings (SSSR count). The van der Waals surface area contributed by atoms with E-state index in [1.54, 1.807) is 0 Å². The first-order valence-electron chi connectivity index (χ1n) is 9.84. The van der Waals surface area contributed by atoms with Crippen molar-refractivity contribution in [2.45, 2.75) is 32.2 Å². The summed E-state index contributed by atoms with van der Waals surface area (Å²) >= 11 is 6.57. The standard InChI is InChI=1S/C23H25ClN2O2/c1-3-28-13-12-21(27)26-14-18(16-8-4-6-10-19(16)24)22-17-9-5-7-11-20(17)25-23(22)15(26)2/h4-11,15,18,25H,3,12-14H2,1-2H3. The number of aromatic amines is 1. The van der Waals surface area contributed by atoms with Gasteiger partial charge >= 0.3 is 0 Å². The monoisotopic (exact) mass is 396 g/mol. The van der Waals surface area contributed by atoms with Crippen molar-refractivity contribution in [2.24, 2.45) is 0 Å². The predicted molar refractivity (Wildman–Crippen MR) is 113 cm³/mol. The Morgan fingerprint density at radius 1 is 1.21 bits per heavy atom. The highest BCUT2D eigenvalue weighted by atomic mass is 35.5. The van der Waals surface area contributed by atoms with Gasteiger partial charge in [0, 0.05) is 40.7 Å². The zero-order chi connectivity index (χ0) is 19.7. The first-order valence-corrected chi connectivity index (χ1v) is 10.2. The third-order valence-electron chi connectivity index (χ3n) is 5.66. The van der Waals surface area contributed by atoms with Crippen LogP contribution in [-0.4, -0.2) is 35.5 Å². The summed E-state index contributed by atoms with van der Waals surface area (Å²) in [6.07, 6.45) is 0.392. The topological polar surface area (TPSA) is 45.3 Å². The summed E-state index contributed by atoms with van der Waals surface area (Å²) < 4.78 is 5.40. The minimum Gasteiger partial charge on any atom is -0.381 e. The number of hydrogen-bond acceptors (Lipinski definition) is 2. The lowest BCUT2D eigenvalue weighted by Gasteiger charge is -2.38. The van der Waals surface area contributed by atoms with Crippen LogP contribution in [0.15, 0.2) is 48.5 Å². The molecule has 1 N–H and O–H groups in total. The molecule has 5 heteroatoms. The molecule has 4 nitrogen and oxygen atoms in total. The quantitative estimate of drug-likeness (QED) is 0.596. The van der Waals surface area contributed by atoms with Crippen molar-refractivity contribution >= 4 is 28.4 Å². The third-order valence-corrected chi connectivity index (χ3v) is 6.00. The predicted octanol–water partition coefficient (Wildman–Crippen LogP) is 5.28. The Labute approximate surface area is 170 Å². The number of carbonyl (C=O) groups is 1. The van der Waals surface area contributed by atoms with Crippen LogP contribution < -0.4 is 0 Å². The van der Waals surface area contributed by atoms with Crippen LogP contribution in [0.1, 0.15) is 49.0 Å². The number of ether oxygens (including phenoxy) is 1. The highest BCUT2D eigenvalue weighted by molar-refractivity contribution is 6.31. The minimum atomic E-state index is -0.0183. The number of H-pyrrole nitrogens is 1. The number of nitrogens with one attached hydrogen (secondary N) is 1. The molecule has 2 unspecified atom stereocenters. The maximum atomic E-state index is 13.0. The molecule has 3 aromatic rings. The Hall–Kier alpha value is -2.30. The van der Waals surface area contributed by atoms with E-state index in [0.29, 0.717) is 26.2 Å². The molecule has 28 heavy (non-hydrogen) atoms. The van der Waals surface area contributed by atoms with Gasteiger partial charge < -0.3 is 14.6 Å². The maximum Gasteiger partial charge on any atom is 0.225 e. The summed E-state index contributed by atoms with van der Waals surface area (Å²) in [5, 5.41) is 1.94. The van der Waals surface area contributed by atoms with Gasteiger partial charge in [0.15, 0.2) is 0 Å². The van der Waals surface area contributed by atoms with Gasteiger partial charge in [-0.25, -0.2) is 0 Å². The second-order valence-corrected chi connectivity index (χ2v) is 7.65. The maximum absolute atomic E-state index is 13.0. The fraction of sp³-hybridized carbons (Fsp3) is 0.348. The van der Waals surface area contributed by atoms with Gasteiger partial charge in [-0.1, -0.05) is 48.0 Å². The molecule has 0 radical (unpaired) electrons. The molecule has 1 aliphatic heterocycles. The molecule has 0 bridgehead atoms. The summed E-state index contributed by atoms with van der Waals surface area (Å²) in [7, 11) is 0. The van der Waals surface area contributed by atoms with E-state index in [-0.39, 0.29) is 17.9 Å². The average Bonchev–Trinajstić information content (AvgIpc) is 3.09. The van der Waals surface area contributed by atoms with Crippen LogP contribution in [0, 0.1) is 0 Å². The first-order chi connectivity index (χ1) is 13.6. The van der Waals surface area contributed by atoms with Gasteiger partial charge in [-0.15, -0.1) is 0 Å². The van der Waals surface area contributed by atoms with Crippen LogP contribution in [0.4, 0.5) is 0 Å². The van der Waals surface area contributed by atoms with E-state index in [4.69, 9.17) is 16.3 Å². The second-order valence-electron chi connectivity index (χ2n) is 7.24. The summed E-state index contributed by atoms with van der Waals surface area (Å²) in [6.45, 7) is 5.73. The molecule has 0 spiro atoms. The normalized spacial score (nSPS) is 19.0. The Morgan fingerprint density at radius 3 is 2.75 bits per heavy atom. The number of hydrogen-bond donors (Lipinski definition) is 1. The van der Waals surface area contributed by atoms with Crippen molar-refractivity contribution in [1.82, 2.24) is 9.88 Å². The Kier molecular flexibility index (Phi) is 5.42. The average molecular weight is 397 g/mol. The number of benzene rings is 2. The van der Waals surface area contributed by atoms with Gasteiger partial charge in [0.2, 0.25) is 5.91 Å². The Morgan fingerprint density at radius 2 is 1.96 bits per heavy atom. The molecule has 1 aromatic heterocycles. The first kappa shape index (κ1) is 19.0. The minimum absolute atomic E-state index is 0.0183. The van der Waals surface area contributed by atoms with Gasteiger partial charge in [0.05, 0.1) is 19.1 Å². The fourth-order valence-electron chi connectivity index (χ4n) is 4.27. The van der Waals surface area contributed by atoms with E-state index < -0.39 is 0 Å². The van der Waals surface area contributed by atoms with Crippen LogP contribution >= 0.6 is 11.6 Å². The fourth-order valence-corrected chi connectivity index (χ4v) is 4.54. The third kappa shape index (κ3) is 3.31. The van der Waals surface area contributed by atoms with Crippen molar-refractivity contribution in [3.05, 3.63) is 70.4 Å². The van der Waals surface area contributed by atoms with Gasteiger partial charge in [0.1, 0.15) is 0 Å². The second kappa shape index (κ2) is 7.98. The van der Waals surface area contributed by atoms with Crippen molar-refractivity contribution < 1.29 is 9.53 Å². The molecule has 146 valence electrons. The van der Waals surface area contributed by atoms with Crippen LogP contribution in [-0.2, 0) is 9.53 Å². The van der Waals surface area contributed by atoms with E-state index >= 15 is 0 Å². The molecular formula is C23H25ClN2O2. The number of carbonyl (C=O) groups excluding carboxylic acids is 1. The zero-order valence-electron chi connectivity index (χ0n) is 16.2. The number of aromatic nitrogens is 1. The molecule has 0 saturated heterocycles. The lowest BCUT2D eigenvalue weighted by atomic mass is 9.83. The van der Waals surface area contributed by atoms with Crippen LogP contribution in [0.5, 0.6) is 0 Å². The number of nitrogens with zero attached hydrogens (tertiary/aromatic N) is 1. The van der Waals surface area contributed by atoms with Gasteiger partial charge in [-0.3, -0.25) is 4.79 Å². The van der Waals surface area contributed by atoms with Gasteiger partial charge in [0.25, 0.3) is 0 Å². The van der Waals surface area contributed by atoms with E-state index in [1.165, 1.54) is 10.9 Å². The van der Waals surface area contributed by atoms with E-state index in [1.807, 2.05) is 36.1 Å². The molecular weight excluding hydrogens is 372 g/mol. The van der Waals surface area contributed by atoms with Gasteiger partial charge in [-0.05, 0) is 37.1 Å². The molecule has 1 aliphatic rings. The SMILES string of the molecule is CCOCCC(=O)N1CC(c2ccccc2Cl)c2c([nH]c3ccccc23)C1C. The number of rotatable bonds is 5. The van der Waals surface area contributed by atoms with Crippen molar-refractivity contribution in [1.29, 1.82) is 0 Å². The highest BCUT2D eigenvalue weighted by Crippen LogP contribution is 2.44. The van der Waals surface area contributed by atoms with Crippen LogP contribution in [0.25, 0.3) is 10.9 Å². The molecule has 0 aliphatic carbocycles. The highest BCUT2D eigenvalue weighted by Gasteiger charge is 2.37. The van der Waals surface area contributed by atoms with Crippen molar-refractivity contribution in [3.63, 3.8) is 0 Å².